The molecule has 16 heavy (non-hydrogen) atoms. The van der Waals surface area contributed by atoms with E-state index in [0.29, 0.717) is 5.92 Å². The minimum Gasteiger partial charge on any atom is -0.389 e. The van der Waals surface area contributed by atoms with Gasteiger partial charge in [-0.25, -0.2) is 0 Å². The van der Waals surface area contributed by atoms with Crippen molar-refractivity contribution in [2.75, 3.05) is 6.61 Å². The smallest absolute Gasteiger partial charge is 0.0987 e. The van der Waals surface area contributed by atoms with Gasteiger partial charge in [0.2, 0.25) is 0 Å². The van der Waals surface area contributed by atoms with Crippen LogP contribution in [0, 0.1) is 22.7 Å². The Kier molecular flexibility index (Phi) is 3.51. The van der Waals surface area contributed by atoms with E-state index in [2.05, 4.69) is 13.0 Å². The lowest BCUT2D eigenvalue weighted by Gasteiger charge is -2.39. The zero-order valence-corrected chi connectivity index (χ0v) is 9.98. The largest absolute Gasteiger partial charge is 0.389 e. The van der Waals surface area contributed by atoms with Gasteiger partial charge < -0.3 is 9.84 Å². The molecule has 1 heterocycles. The van der Waals surface area contributed by atoms with Gasteiger partial charge in [-0.2, -0.15) is 5.26 Å². The predicted octanol–water partition coefficient (Wildman–Crippen LogP) is 2.25. The van der Waals surface area contributed by atoms with Gasteiger partial charge >= 0.3 is 0 Å². The number of hydrogen-bond acceptors (Lipinski definition) is 3. The summed E-state index contributed by atoms with van der Waals surface area (Å²) in [7, 11) is 0. The molecule has 3 nitrogen and oxygen atoms in total. The molecular formula is C13H21NO2. The van der Waals surface area contributed by atoms with Crippen LogP contribution in [0.5, 0.6) is 0 Å². The molecule has 0 radical (unpaired) electrons. The summed E-state index contributed by atoms with van der Waals surface area (Å²) in [4.78, 5) is 0. The Hall–Kier alpha value is -0.590. The Labute approximate surface area is 97.4 Å². The number of aliphatic hydroxyl groups excluding tert-OH is 1. The van der Waals surface area contributed by atoms with Crippen molar-refractivity contribution in [3.05, 3.63) is 0 Å². The number of aliphatic hydroxyl groups is 1. The second kappa shape index (κ2) is 4.73. The monoisotopic (exact) mass is 223 g/mol. The molecule has 1 saturated carbocycles. The first kappa shape index (κ1) is 11.9. The van der Waals surface area contributed by atoms with Crippen molar-refractivity contribution in [1.29, 1.82) is 5.26 Å². The maximum absolute atomic E-state index is 10.4. The summed E-state index contributed by atoms with van der Waals surface area (Å²) >= 11 is 0. The van der Waals surface area contributed by atoms with Crippen LogP contribution in [0.3, 0.4) is 0 Å². The first-order chi connectivity index (χ1) is 7.68. The lowest BCUT2D eigenvalue weighted by molar-refractivity contribution is -0.0713. The molecule has 0 aromatic rings. The molecule has 1 N–H and O–H groups in total. The van der Waals surface area contributed by atoms with Crippen LogP contribution in [-0.2, 0) is 4.74 Å². The summed E-state index contributed by atoms with van der Waals surface area (Å²) in [5, 5.41) is 19.8. The third-order valence-electron chi connectivity index (χ3n) is 4.14. The van der Waals surface area contributed by atoms with Crippen LogP contribution in [-0.4, -0.2) is 23.9 Å². The molecule has 1 aliphatic carbocycles. The summed E-state index contributed by atoms with van der Waals surface area (Å²) in [5.74, 6) is 0.546. The van der Waals surface area contributed by atoms with Gasteiger partial charge in [-0.3, -0.25) is 0 Å². The quantitative estimate of drug-likeness (QED) is 0.781. The van der Waals surface area contributed by atoms with E-state index >= 15 is 0 Å². The minimum absolute atomic E-state index is 0.107. The third-order valence-corrected chi connectivity index (χ3v) is 4.14. The van der Waals surface area contributed by atoms with Gasteiger partial charge in [0.05, 0.1) is 23.7 Å². The molecule has 0 aromatic heterocycles. The van der Waals surface area contributed by atoms with E-state index in [1.807, 2.05) is 0 Å². The zero-order chi connectivity index (χ0) is 11.6. The van der Waals surface area contributed by atoms with Crippen LogP contribution < -0.4 is 0 Å². The van der Waals surface area contributed by atoms with Crippen LogP contribution in [0.1, 0.15) is 45.4 Å². The highest BCUT2D eigenvalue weighted by Gasteiger charge is 2.46. The molecule has 2 fully saturated rings. The van der Waals surface area contributed by atoms with Gasteiger partial charge in [0.1, 0.15) is 0 Å². The number of rotatable bonds is 2. The van der Waals surface area contributed by atoms with Gasteiger partial charge in [-0.05, 0) is 31.6 Å². The highest BCUT2D eigenvalue weighted by molar-refractivity contribution is 5.08. The molecule has 0 amide bonds. The summed E-state index contributed by atoms with van der Waals surface area (Å²) in [5.41, 5.74) is -0.549. The minimum atomic E-state index is -0.595. The molecule has 2 rings (SSSR count). The Morgan fingerprint density at radius 3 is 2.81 bits per heavy atom. The van der Waals surface area contributed by atoms with Gasteiger partial charge in [0.25, 0.3) is 0 Å². The maximum atomic E-state index is 10.4. The van der Waals surface area contributed by atoms with E-state index in [0.717, 1.165) is 38.7 Å². The molecule has 0 spiro atoms. The summed E-state index contributed by atoms with van der Waals surface area (Å²) < 4.78 is 5.53. The topological polar surface area (TPSA) is 53.2 Å². The Morgan fingerprint density at radius 1 is 1.44 bits per heavy atom. The van der Waals surface area contributed by atoms with E-state index in [4.69, 9.17) is 4.74 Å². The van der Waals surface area contributed by atoms with Crippen LogP contribution in [0.2, 0.25) is 0 Å². The molecule has 0 aromatic carbocycles. The summed E-state index contributed by atoms with van der Waals surface area (Å²) in [6, 6.07) is 2.39. The SMILES string of the molecule is CC1CCCC(C#N)(C(O)C2CCCO2)C1. The molecule has 1 saturated heterocycles. The first-order valence-corrected chi connectivity index (χ1v) is 6.39. The van der Waals surface area contributed by atoms with E-state index < -0.39 is 11.5 Å². The lowest BCUT2D eigenvalue weighted by Crippen LogP contribution is -2.44. The molecular weight excluding hydrogens is 202 g/mol. The van der Waals surface area contributed by atoms with E-state index in [-0.39, 0.29) is 6.10 Å². The zero-order valence-electron chi connectivity index (χ0n) is 9.98. The number of nitrogens with zero attached hydrogens (tertiary/aromatic N) is 1. The lowest BCUT2D eigenvalue weighted by atomic mass is 9.66. The molecule has 2 aliphatic rings. The average molecular weight is 223 g/mol. The number of nitriles is 1. The van der Waals surface area contributed by atoms with Crippen molar-refractivity contribution in [2.24, 2.45) is 11.3 Å². The van der Waals surface area contributed by atoms with Gasteiger partial charge in [-0.15, -0.1) is 0 Å². The van der Waals surface area contributed by atoms with E-state index in [9.17, 15) is 10.4 Å². The third kappa shape index (κ3) is 2.09. The van der Waals surface area contributed by atoms with Gasteiger partial charge in [0.15, 0.2) is 0 Å². The standard InChI is InChI=1S/C13H21NO2/c1-10-4-2-6-13(8-10,9-14)12(15)11-5-3-7-16-11/h10-12,15H,2-8H2,1H3. The fraction of sp³-hybridized carbons (Fsp3) is 0.923. The number of ether oxygens (including phenoxy) is 1. The van der Waals surface area contributed by atoms with E-state index in [1.165, 1.54) is 6.42 Å². The van der Waals surface area contributed by atoms with Crippen molar-refractivity contribution in [1.82, 2.24) is 0 Å². The summed E-state index contributed by atoms with van der Waals surface area (Å²) in [6.45, 7) is 2.91. The number of hydrogen-bond donors (Lipinski definition) is 1. The maximum Gasteiger partial charge on any atom is 0.0987 e. The molecule has 3 heteroatoms. The highest BCUT2D eigenvalue weighted by Crippen LogP contribution is 2.44. The van der Waals surface area contributed by atoms with Crippen molar-refractivity contribution in [2.45, 2.75) is 57.7 Å². The van der Waals surface area contributed by atoms with Crippen LogP contribution in [0.15, 0.2) is 0 Å². The van der Waals surface area contributed by atoms with Crippen molar-refractivity contribution < 1.29 is 9.84 Å². The summed E-state index contributed by atoms with van der Waals surface area (Å²) in [6.07, 6.45) is 5.10. The van der Waals surface area contributed by atoms with Crippen molar-refractivity contribution >= 4 is 0 Å². The second-order valence-corrected chi connectivity index (χ2v) is 5.47. The average Bonchev–Trinajstić information content (AvgIpc) is 2.81. The Balaban J connectivity index is 2.10. The molecule has 90 valence electrons. The second-order valence-electron chi connectivity index (χ2n) is 5.47. The Morgan fingerprint density at radius 2 is 2.25 bits per heavy atom. The van der Waals surface area contributed by atoms with Crippen molar-refractivity contribution in [3.8, 4) is 6.07 Å². The molecule has 1 aliphatic heterocycles. The molecule has 4 atom stereocenters. The predicted molar refractivity (Wildman–Crippen MR) is 60.7 cm³/mol. The highest BCUT2D eigenvalue weighted by atomic mass is 16.5. The fourth-order valence-corrected chi connectivity index (χ4v) is 3.24. The van der Waals surface area contributed by atoms with Gasteiger partial charge in [0, 0.05) is 6.61 Å². The fourth-order valence-electron chi connectivity index (χ4n) is 3.24. The molecule has 0 bridgehead atoms. The van der Waals surface area contributed by atoms with Gasteiger partial charge in [-0.1, -0.05) is 19.8 Å². The van der Waals surface area contributed by atoms with Crippen LogP contribution in [0.4, 0.5) is 0 Å². The van der Waals surface area contributed by atoms with E-state index in [1.54, 1.807) is 0 Å². The van der Waals surface area contributed by atoms with Crippen LogP contribution in [0.25, 0.3) is 0 Å². The normalized spacial score (nSPS) is 41.6. The van der Waals surface area contributed by atoms with Crippen LogP contribution >= 0.6 is 0 Å². The molecule has 4 unspecified atom stereocenters. The Bertz CT molecular complexity index is 280. The first-order valence-electron chi connectivity index (χ1n) is 6.39. The van der Waals surface area contributed by atoms with Crippen molar-refractivity contribution in [3.63, 3.8) is 0 Å².